The van der Waals surface area contributed by atoms with Crippen LogP contribution in [-0.4, -0.2) is 323 Å². The van der Waals surface area contributed by atoms with Crippen LogP contribution in [0, 0.1) is 35.5 Å². The predicted octanol–water partition coefficient (Wildman–Crippen LogP) is 4.93. The SMILES string of the molecule is C=CC(=O)OC1[C@H](C)O[C@@H](O[C@H]2[C@H](C)[C@@H](O[C@@H]3O[C@H](C)C[C@H](N(C)C)[C@H]3O)[C@](C)(O)C[C@@H](C)CN(C)[C@H](C)[C@@H](O)[C@](C)(O)[C@@H](CC)OC(=O)[C@@H]2C)C[C@@]1(C)OC.C=CC(=O)OC1[C@H](C)O[C@@H](O[C@H]2[C@H](C)[C@@H](O[C@@H]3O[C@H](C)C[C@H](NC)[C@H]3O)[C@](C)(O)C[C@@H](C)CN(C)[C@H](C)[C@@H](O)[C@](C)(O)[C@@H](CC)OC(=O)[C@@H]2C)C[C@@]1(C)OC. The van der Waals surface area contributed by atoms with E-state index >= 15 is 0 Å². The van der Waals surface area contributed by atoms with Gasteiger partial charge in [-0.2, -0.15) is 0 Å². The molecule has 6 aliphatic heterocycles. The fraction of sp³-hybridized carbons (Fsp3) is 0.901. The molecule has 0 aromatic carbocycles. The third kappa shape index (κ3) is 23.9. The van der Waals surface area contributed by atoms with E-state index in [-0.39, 0.29) is 74.7 Å². The number of aliphatic hydroxyl groups excluding tert-OH is 4. The molecule has 0 bridgehead atoms. The van der Waals surface area contributed by atoms with Crippen molar-refractivity contribution in [2.75, 3.05) is 62.5 Å². The Hall–Kier alpha value is -3.52. The molecule has 0 spiro atoms. The number of carbonyl (C=O) groups is 4. The van der Waals surface area contributed by atoms with Gasteiger partial charge in [0.1, 0.15) is 59.0 Å². The average Bonchev–Trinajstić information content (AvgIpc) is 1.76. The fourth-order valence-corrected chi connectivity index (χ4v) is 18.0. The Morgan fingerprint density at radius 3 is 1.23 bits per heavy atom. The van der Waals surface area contributed by atoms with Crippen molar-refractivity contribution in [1.82, 2.24) is 20.0 Å². The second-order valence-electron chi connectivity index (χ2n) is 34.9. The molecule has 6 saturated heterocycles. The zero-order chi connectivity index (χ0) is 84.5. The van der Waals surface area contributed by atoms with E-state index in [1.54, 1.807) is 104 Å². The van der Waals surface area contributed by atoms with Crippen LogP contribution in [0.5, 0.6) is 0 Å². The molecule has 6 aliphatic rings. The minimum atomic E-state index is -1.82. The van der Waals surface area contributed by atoms with Crippen molar-refractivity contribution in [3.8, 4) is 0 Å². The summed E-state index contributed by atoms with van der Waals surface area (Å²) in [5, 5.41) is 97.8. The molecule has 0 saturated carbocycles. The van der Waals surface area contributed by atoms with Crippen LogP contribution in [0.4, 0.5) is 0 Å². The molecule has 9 N–H and O–H groups in total. The van der Waals surface area contributed by atoms with Crippen molar-refractivity contribution < 1.29 is 126 Å². The summed E-state index contributed by atoms with van der Waals surface area (Å²) in [6.45, 7) is 42.9. The van der Waals surface area contributed by atoms with Gasteiger partial charge in [0.2, 0.25) is 0 Å². The number of carbonyl (C=O) groups excluding carboxylic acids is 4. The number of aliphatic hydroxyl groups is 8. The van der Waals surface area contributed by atoms with Gasteiger partial charge in [-0.3, -0.25) is 9.59 Å². The third-order valence-corrected chi connectivity index (χ3v) is 24.9. The largest absolute Gasteiger partial charge is 0.459 e. The van der Waals surface area contributed by atoms with Crippen LogP contribution < -0.4 is 5.32 Å². The molecule has 6 rings (SSSR count). The van der Waals surface area contributed by atoms with Crippen LogP contribution in [0.15, 0.2) is 25.3 Å². The van der Waals surface area contributed by atoms with Gasteiger partial charge in [0, 0.05) is 88.3 Å². The van der Waals surface area contributed by atoms with E-state index < -0.39 is 204 Å². The summed E-state index contributed by atoms with van der Waals surface area (Å²) < 4.78 is 87.2. The second-order valence-corrected chi connectivity index (χ2v) is 34.9. The minimum Gasteiger partial charge on any atom is -0.459 e. The number of nitrogens with zero attached hydrogens (tertiary/aromatic N) is 3. The van der Waals surface area contributed by atoms with Crippen LogP contribution in [0.1, 0.15) is 190 Å². The molecule has 6 fully saturated rings. The van der Waals surface area contributed by atoms with Crippen molar-refractivity contribution in [3.63, 3.8) is 0 Å². The molecule has 6 heterocycles. The molecule has 2 unspecified atom stereocenters. The zero-order valence-electron chi connectivity index (χ0n) is 71.7. The first-order valence-corrected chi connectivity index (χ1v) is 40.1. The number of nitrogens with one attached hydrogen (secondary N) is 1. The van der Waals surface area contributed by atoms with Gasteiger partial charge in [-0.25, -0.2) is 9.59 Å². The van der Waals surface area contributed by atoms with Gasteiger partial charge in [-0.05, 0) is 183 Å². The summed E-state index contributed by atoms with van der Waals surface area (Å²) in [5.41, 5.74) is -8.98. The summed E-state index contributed by atoms with van der Waals surface area (Å²) in [5.74, 6) is -6.71. The fourth-order valence-electron chi connectivity index (χ4n) is 18.0. The summed E-state index contributed by atoms with van der Waals surface area (Å²) in [6, 6.07) is -1.75. The maximum atomic E-state index is 14.3. The van der Waals surface area contributed by atoms with E-state index in [9.17, 15) is 60.0 Å². The van der Waals surface area contributed by atoms with Crippen molar-refractivity contribution in [2.24, 2.45) is 35.5 Å². The van der Waals surface area contributed by atoms with E-state index in [1.807, 2.05) is 70.6 Å². The lowest BCUT2D eigenvalue weighted by Crippen LogP contribution is -2.61. The quantitative estimate of drug-likeness (QED) is 0.0499. The zero-order valence-corrected chi connectivity index (χ0v) is 71.7. The standard InChI is InChI=1S/C41H74N2O13.C40H72N2O13/c1-16-29-41(11,49)34(46)26(7)43(14)21-22(3)19-39(9,48)35(56-38-32(45)28(42(12)13)18-23(4)51-38)24(5)33(25(6)37(47)53-29)55-31-20-40(10,50-15)36(27(8)52-31)54-30(44)17-2;1-15-28-40(11,48)33(45)25(7)42(13)20-21(3)18-38(9,47)34(55-37-31(44)27(41-12)17-22(4)50-37)23(5)32(24(6)36(46)52-28)54-30-19-39(10,49-14)35(26(8)51-30)53-29(43)16-2/h17,22-29,31-36,38,45-46,48-49H,2,16,18-21H2,1,3-15H3;16,21-28,30-35,37,41,44-45,47-48H,2,15,17-20H2,1,3-14H3/t22-,23-,24+,25-,26-,27+,28+,29-,31+,32-,33+,34-,35-,36?,38+,39-,40-,41-;21-,22-,23+,24-,25-,26+,27+,28-,30+,31-,32+,33-,34-,35?,37+,38-,39-,40-/m11/s1. The number of ether oxygens (including phenoxy) is 14. The van der Waals surface area contributed by atoms with Gasteiger partial charge < -0.3 is 127 Å². The van der Waals surface area contributed by atoms with Crippen molar-refractivity contribution in [3.05, 3.63) is 25.3 Å². The van der Waals surface area contributed by atoms with E-state index in [4.69, 9.17) is 66.3 Å². The van der Waals surface area contributed by atoms with Crippen LogP contribution in [-0.2, 0) is 85.5 Å². The molecule has 36 atom stereocenters. The maximum Gasteiger partial charge on any atom is 0.330 e. The molecule has 0 aromatic heterocycles. The van der Waals surface area contributed by atoms with Crippen molar-refractivity contribution in [1.29, 1.82) is 0 Å². The minimum absolute atomic E-state index is 0.0847. The number of hydrogen-bond donors (Lipinski definition) is 9. The lowest BCUT2D eigenvalue weighted by atomic mass is 9.77. The van der Waals surface area contributed by atoms with E-state index in [0.29, 0.717) is 25.9 Å². The Morgan fingerprint density at radius 1 is 0.550 bits per heavy atom. The van der Waals surface area contributed by atoms with Crippen LogP contribution in [0.3, 0.4) is 0 Å². The van der Waals surface area contributed by atoms with Gasteiger partial charge >= 0.3 is 23.9 Å². The van der Waals surface area contributed by atoms with Crippen LogP contribution in [0.25, 0.3) is 0 Å². The topological polar surface area (TPSA) is 381 Å². The summed E-state index contributed by atoms with van der Waals surface area (Å²) in [4.78, 5) is 58.9. The highest BCUT2D eigenvalue weighted by molar-refractivity contribution is 5.82. The Kier molecular flexibility index (Phi) is 36.0. The molecular formula is C81H146N4O26. The van der Waals surface area contributed by atoms with Gasteiger partial charge in [0.15, 0.2) is 37.4 Å². The van der Waals surface area contributed by atoms with Crippen molar-refractivity contribution in [2.45, 2.75) is 370 Å². The highest BCUT2D eigenvalue weighted by Gasteiger charge is 2.57. The van der Waals surface area contributed by atoms with Crippen molar-refractivity contribution >= 4 is 23.9 Å². The first-order valence-electron chi connectivity index (χ1n) is 40.1. The Bertz CT molecular complexity index is 2950. The molecule has 30 heteroatoms. The molecule has 0 amide bonds. The number of hydrogen-bond acceptors (Lipinski definition) is 30. The molecule has 0 aromatic rings. The lowest BCUT2D eigenvalue weighted by Gasteiger charge is -2.49. The van der Waals surface area contributed by atoms with Crippen LogP contribution >= 0.6 is 0 Å². The molecular weight excluding hydrogens is 1440 g/mol. The highest BCUT2D eigenvalue weighted by atomic mass is 16.7. The summed E-state index contributed by atoms with van der Waals surface area (Å²) >= 11 is 0. The smallest absolute Gasteiger partial charge is 0.330 e. The van der Waals surface area contributed by atoms with Gasteiger partial charge in [0.25, 0.3) is 0 Å². The Balaban J connectivity index is 0.000000397. The maximum absolute atomic E-state index is 14.3. The number of likely N-dealkylation sites (N-methyl/N-ethyl adjacent to an activating group) is 4. The van der Waals surface area contributed by atoms with E-state index in [2.05, 4.69) is 18.5 Å². The van der Waals surface area contributed by atoms with E-state index in [1.165, 1.54) is 28.1 Å². The lowest BCUT2D eigenvalue weighted by molar-refractivity contribution is -0.318. The molecule has 0 radical (unpaired) electrons. The third-order valence-electron chi connectivity index (χ3n) is 24.9. The highest BCUT2D eigenvalue weighted by Crippen LogP contribution is 2.44. The normalized spacial score (nSPS) is 47.0. The monoisotopic (exact) mass is 1590 g/mol. The molecule has 111 heavy (non-hydrogen) atoms. The van der Waals surface area contributed by atoms with E-state index in [0.717, 1.165) is 12.2 Å². The summed E-state index contributed by atoms with van der Waals surface area (Å²) in [7, 11) is 12.2. The number of esters is 4. The predicted molar refractivity (Wildman–Crippen MR) is 412 cm³/mol. The van der Waals surface area contributed by atoms with Gasteiger partial charge in [-0.1, -0.05) is 54.7 Å². The first kappa shape index (κ1) is 98.1. The first-order chi connectivity index (χ1) is 51.3. The number of rotatable bonds is 18. The second kappa shape index (κ2) is 40.8. The summed E-state index contributed by atoms with van der Waals surface area (Å²) in [6.07, 6.45) is -14.9. The number of methoxy groups -OCH3 is 2. The van der Waals surface area contributed by atoms with Gasteiger partial charge in [0.05, 0.1) is 71.9 Å². The molecule has 0 aliphatic carbocycles. The Morgan fingerprint density at radius 2 is 0.901 bits per heavy atom. The molecule has 30 nitrogen and oxygen atoms in total. The average molecular weight is 1590 g/mol. The number of cyclic esters (lactones) is 2. The van der Waals surface area contributed by atoms with Gasteiger partial charge in [-0.15, -0.1) is 0 Å². The van der Waals surface area contributed by atoms with Crippen LogP contribution in [0.2, 0.25) is 0 Å². The Labute approximate surface area is 661 Å². The molecule has 646 valence electrons.